The van der Waals surface area contributed by atoms with E-state index in [-0.39, 0.29) is 36.8 Å². The van der Waals surface area contributed by atoms with Crippen molar-refractivity contribution in [3.05, 3.63) is 88.1 Å². The average Bonchev–Trinajstić information content (AvgIpc) is 3.56. The molecule has 0 atom stereocenters. The van der Waals surface area contributed by atoms with Crippen LogP contribution in [0.3, 0.4) is 0 Å². The lowest BCUT2D eigenvalue weighted by atomic mass is 9.94. The molecule has 3 amide bonds. The van der Waals surface area contributed by atoms with Crippen LogP contribution in [0.5, 0.6) is 5.75 Å². The van der Waals surface area contributed by atoms with Crippen LogP contribution in [0, 0.1) is 11.3 Å². The second-order valence-electron chi connectivity index (χ2n) is 10.8. The standard InChI is InChI=1S/C33H33N5O6S/c1-33(2,3)38(32(41)42)16-15-35-30(39)22-11-6-5-10-21(22)24-18-26(23-12-7-8-13-27(23)44-20-43-4)36-29(25(24)19-34)37-31(40)28-14-9-17-45-28/h5-14,17-18H,15-16,20H2,1-4H3,(H,35,39)(H,41,42)(H,36,37,40). The first-order chi connectivity index (χ1) is 21.5. The summed E-state index contributed by atoms with van der Waals surface area (Å²) in [5.74, 6) is -0.415. The number of nitrogens with one attached hydrogen (secondary N) is 2. The summed E-state index contributed by atoms with van der Waals surface area (Å²) in [4.78, 5) is 44.7. The van der Waals surface area contributed by atoms with E-state index >= 15 is 0 Å². The van der Waals surface area contributed by atoms with Crippen molar-refractivity contribution in [2.45, 2.75) is 26.3 Å². The van der Waals surface area contributed by atoms with Crippen LogP contribution >= 0.6 is 11.3 Å². The summed E-state index contributed by atoms with van der Waals surface area (Å²) in [6, 6.07) is 21.1. The number of amides is 3. The molecule has 45 heavy (non-hydrogen) atoms. The Morgan fingerprint density at radius 2 is 1.71 bits per heavy atom. The monoisotopic (exact) mass is 627 g/mol. The molecule has 4 aromatic rings. The van der Waals surface area contributed by atoms with Crippen molar-refractivity contribution in [2.24, 2.45) is 0 Å². The number of benzene rings is 2. The Morgan fingerprint density at radius 3 is 2.36 bits per heavy atom. The van der Waals surface area contributed by atoms with Crippen molar-refractivity contribution in [3.8, 4) is 34.2 Å². The topological polar surface area (TPSA) is 154 Å². The van der Waals surface area contributed by atoms with Gasteiger partial charge in [-0.1, -0.05) is 36.4 Å². The van der Waals surface area contributed by atoms with Gasteiger partial charge in [-0.15, -0.1) is 11.3 Å². The molecular weight excluding hydrogens is 594 g/mol. The van der Waals surface area contributed by atoms with Gasteiger partial charge in [0.15, 0.2) is 12.6 Å². The lowest BCUT2D eigenvalue weighted by Gasteiger charge is -2.33. The minimum Gasteiger partial charge on any atom is -0.467 e. The van der Waals surface area contributed by atoms with Gasteiger partial charge in [-0.2, -0.15) is 5.26 Å². The van der Waals surface area contributed by atoms with Gasteiger partial charge in [0, 0.05) is 42.4 Å². The van der Waals surface area contributed by atoms with Gasteiger partial charge in [-0.05, 0) is 62.0 Å². The molecule has 3 N–H and O–H groups in total. The lowest BCUT2D eigenvalue weighted by Crippen LogP contribution is -2.48. The van der Waals surface area contributed by atoms with Gasteiger partial charge in [0.1, 0.15) is 17.4 Å². The molecule has 11 nitrogen and oxygen atoms in total. The van der Waals surface area contributed by atoms with Gasteiger partial charge in [-0.3, -0.25) is 9.59 Å². The van der Waals surface area contributed by atoms with E-state index in [4.69, 9.17) is 9.47 Å². The summed E-state index contributed by atoms with van der Waals surface area (Å²) in [5.41, 5.74) is 1.39. The van der Waals surface area contributed by atoms with Crippen molar-refractivity contribution in [2.75, 3.05) is 32.3 Å². The Balaban J connectivity index is 1.80. The maximum Gasteiger partial charge on any atom is 0.407 e. The van der Waals surface area contributed by atoms with Gasteiger partial charge < -0.3 is 30.1 Å². The summed E-state index contributed by atoms with van der Waals surface area (Å²) in [5, 5.41) is 27.3. The van der Waals surface area contributed by atoms with E-state index in [2.05, 4.69) is 21.7 Å². The minimum atomic E-state index is -1.09. The summed E-state index contributed by atoms with van der Waals surface area (Å²) in [6.07, 6.45) is -1.09. The van der Waals surface area contributed by atoms with E-state index in [1.54, 1.807) is 92.9 Å². The molecule has 232 valence electrons. The largest absolute Gasteiger partial charge is 0.467 e. The van der Waals surface area contributed by atoms with Crippen molar-refractivity contribution < 1.29 is 29.0 Å². The number of thiophene rings is 1. The van der Waals surface area contributed by atoms with E-state index < -0.39 is 23.4 Å². The number of para-hydroxylation sites is 1. The molecule has 0 saturated heterocycles. The molecule has 0 bridgehead atoms. The molecule has 0 aliphatic carbocycles. The van der Waals surface area contributed by atoms with Crippen molar-refractivity contribution in [1.29, 1.82) is 5.26 Å². The van der Waals surface area contributed by atoms with Crippen LogP contribution in [0.4, 0.5) is 10.6 Å². The normalized spacial score (nSPS) is 10.9. The number of hydrogen-bond donors (Lipinski definition) is 3. The third-order valence-electron chi connectivity index (χ3n) is 6.73. The SMILES string of the molecule is COCOc1ccccc1-c1cc(-c2ccccc2C(=O)NCCN(C(=O)O)C(C)(C)C)c(C#N)c(NC(=O)c2cccs2)n1. The first-order valence-corrected chi connectivity index (χ1v) is 14.8. The molecule has 0 spiro atoms. The quantitative estimate of drug-likeness (QED) is 0.169. The fourth-order valence-corrected chi connectivity index (χ4v) is 5.23. The number of nitrogens with zero attached hydrogens (tertiary/aromatic N) is 3. The summed E-state index contributed by atoms with van der Waals surface area (Å²) < 4.78 is 10.8. The van der Waals surface area contributed by atoms with Gasteiger partial charge in [0.25, 0.3) is 11.8 Å². The van der Waals surface area contributed by atoms with Crippen LogP contribution in [0.25, 0.3) is 22.4 Å². The van der Waals surface area contributed by atoms with Crippen LogP contribution in [0.2, 0.25) is 0 Å². The number of hydrogen-bond acceptors (Lipinski definition) is 8. The molecule has 0 aliphatic heterocycles. The van der Waals surface area contributed by atoms with Crippen LogP contribution < -0.4 is 15.4 Å². The Hall–Kier alpha value is -5.25. The van der Waals surface area contributed by atoms with Crippen LogP contribution in [-0.4, -0.2) is 65.4 Å². The molecule has 2 heterocycles. The van der Waals surface area contributed by atoms with Gasteiger partial charge in [0.05, 0.1) is 10.6 Å². The molecule has 12 heteroatoms. The zero-order valence-corrected chi connectivity index (χ0v) is 26.1. The Morgan fingerprint density at radius 1 is 1.00 bits per heavy atom. The Kier molecular flexibility index (Phi) is 10.5. The van der Waals surface area contributed by atoms with Crippen molar-refractivity contribution >= 4 is 35.1 Å². The molecule has 0 aliphatic rings. The molecule has 0 fully saturated rings. The van der Waals surface area contributed by atoms with E-state index in [9.17, 15) is 24.8 Å². The first-order valence-electron chi connectivity index (χ1n) is 13.9. The lowest BCUT2D eigenvalue weighted by molar-refractivity contribution is 0.0515. The molecular formula is C33H33N5O6S. The highest BCUT2D eigenvalue weighted by molar-refractivity contribution is 7.12. The Labute approximate surface area is 265 Å². The summed E-state index contributed by atoms with van der Waals surface area (Å²) in [7, 11) is 1.50. The molecule has 2 aromatic carbocycles. The number of rotatable bonds is 11. The predicted octanol–water partition coefficient (Wildman–Crippen LogP) is 6.09. The highest BCUT2D eigenvalue weighted by Crippen LogP contribution is 2.37. The van der Waals surface area contributed by atoms with E-state index in [0.29, 0.717) is 33.0 Å². The third kappa shape index (κ3) is 7.83. The number of nitriles is 1. The van der Waals surface area contributed by atoms with Gasteiger partial charge in [0.2, 0.25) is 0 Å². The first kappa shape index (κ1) is 32.7. The minimum absolute atomic E-state index is 0.0142. The smallest absolute Gasteiger partial charge is 0.407 e. The molecule has 0 unspecified atom stereocenters. The predicted molar refractivity (Wildman–Crippen MR) is 171 cm³/mol. The molecule has 4 rings (SSSR count). The van der Waals surface area contributed by atoms with E-state index in [1.165, 1.54) is 23.3 Å². The highest BCUT2D eigenvalue weighted by atomic mass is 32.1. The fourth-order valence-electron chi connectivity index (χ4n) is 4.61. The number of anilines is 1. The van der Waals surface area contributed by atoms with Crippen molar-refractivity contribution in [3.63, 3.8) is 0 Å². The fraction of sp³-hybridized carbons (Fsp3) is 0.242. The Bertz CT molecular complexity index is 1730. The van der Waals surface area contributed by atoms with E-state index in [1.807, 2.05) is 0 Å². The van der Waals surface area contributed by atoms with Gasteiger partial charge >= 0.3 is 6.09 Å². The molecule has 2 aromatic heterocycles. The third-order valence-corrected chi connectivity index (χ3v) is 7.60. The van der Waals surface area contributed by atoms with E-state index in [0.717, 1.165) is 0 Å². The average molecular weight is 628 g/mol. The van der Waals surface area contributed by atoms with Crippen LogP contribution in [0.15, 0.2) is 72.1 Å². The number of carbonyl (C=O) groups excluding carboxylic acids is 2. The number of pyridine rings is 1. The van der Waals surface area contributed by atoms with Crippen molar-refractivity contribution in [1.82, 2.24) is 15.2 Å². The van der Waals surface area contributed by atoms with Crippen LogP contribution in [-0.2, 0) is 4.74 Å². The number of methoxy groups -OCH3 is 1. The summed E-state index contributed by atoms with van der Waals surface area (Å²) in [6.45, 7) is 5.45. The van der Waals surface area contributed by atoms with Gasteiger partial charge in [-0.25, -0.2) is 9.78 Å². The number of carbonyl (C=O) groups is 3. The maximum absolute atomic E-state index is 13.5. The van der Waals surface area contributed by atoms with Crippen LogP contribution in [0.1, 0.15) is 46.4 Å². The molecule has 0 radical (unpaired) electrons. The zero-order valence-electron chi connectivity index (χ0n) is 25.3. The number of carboxylic acid groups (broad SMARTS) is 1. The second-order valence-corrected chi connectivity index (χ2v) is 11.7. The maximum atomic E-state index is 13.5. The molecule has 0 saturated carbocycles. The number of aromatic nitrogens is 1. The second kappa shape index (κ2) is 14.5. The zero-order chi connectivity index (χ0) is 32.6. The number of ether oxygens (including phenoxy) is 2. The highest BCUT2D eigenvalue weighted by Gasteiger charge is 2.26. The summed E-state index contributed by atoms with van der Waals surface area (Å²) >= 11 is 1.25.